The molecule has 0 spiro atoms. The summed E-state index contributed by atoms with van der Waals surface area (Å²) in [5.41, 5.74) is 0. The van der Waals surface area contributed by atoms with Crippen molar-refractivity contribution in [3.8, 4) is 0 Å². The molecule has 2 amide bonds. The Kier molecular flexibility index (Phi) is 7.82. The zero-order valence-electron chi connectivity index (χ0n) is 11.6. The molecule has 0 aromatic rings. The van der Waals surface area contributed by atoms with Crippen LogP contribution in [0, 0.1) is 5.92 Å². The number of carbonyl (C=O) groups excluding carboxylic acids is 1. The van der Waals surface area contributed by atoms with Gasteiger partial charge in [0.2, 0.25) is 0 Å². The molecule has 0 radical (unpaired) electrons. The Morgan fingerprint density at radius 3 is 2.44 bits per heavy atom. The van der Waals surface area contributed by atoms with Gasteiger partial charge in [0, 0.05) is 24.3 Å². The minimum absolute atomic E-state index is 0.0201. The van der Waals surface area contributed by atoms with Crippen LogP contribution in [0.15, 0.2) is 0 Å². The summed E-state index contributed by atoms with van der Waals surface area (Å²) in [4.78, 5) is 21.9. The van der Waals surface area contributed by atoms with E-state index >= 15 is 0 Å². The highest BCUT2D eigenvalue weighted by Gasteiger charge is 2.16. The fourth-order valence-corrected chi connectivity index (χ4v) is 1.38. The van der Waals surface area contributed by atoms with Gasteiger partial charge in [0.05, 0.1) is 0 Å². The highest BCUT2D eigenvalue weighted by Crippen LogP contribution is 2.19. The van der Waals surface area contributed by atoms with E-state index in [1.54, 1.807) is 11.8 Å². The van der Waals surface area contributed by atoms with Crippen LogP contribution in [0.1, 0.15) is 33.6 Å². The maximum atomic E-state index is 11.5. The Balaban J connectivity index is 3.73. The fourth-order valence-electron chi connectivity index (χ4n) is 1.17. The van der Waals surface area contributed by atoms with Gasteiger partial charge in [0.15, 0.2) is 0 Å². The third kappa shape index (κ3) is 9.15. The first-order valence-corrected chi connectivity index (χ1v) is 7.28. The lowest BCUT2D eigenvalue weighted by molar-refractivity contribution is -0.137. The van der Waals surface area contributed by atoms with Crippen molar-refractivity contribution < 1.29 is 14.7 Å². The van der Waals surface area contributed by atoms with Crippen LogP contribution >= 0.6 is 11.8 Å². The van der Waals surface area contributed by atoms with Gasteiger partial charge in [-0.2, -0.15) is 11.8 Å². The summed E-state index contributed by atoms with van der Waals surface area (Å²) in [5, 5.41) is 14.1. The molecule has 1 unspecified atom stereocenters. The Bertz CT molecular complexity index is 282. The number of rotatable bonds is 8. The number of thioether (sulfide) groups is 1. The van der Waals surface area contributed by atoms with E-state index in [2.05, 4.69) is 24.5 Å². The molecule has 0 heterocycles. The molecule has 0 aromatic carbocycles. The van der Waals surface area contributed by atoms with Gasteiger partial charge in [-0.15, -0.1) is 0 Å². The molecule has 0 aromatic heterocycles. The van der Waals surface area contributed by atoms with Gasteiger partial charge in [-0.1, -0.05) is 6.92 Å². The van der Waals surface area contributed by atoms with Crippen molar-refractivity contribution in [2.24, 2.45) is 5.92 Å². The van der Waals surface area contributed by atoms with E-state index < -0.39 is 5.97 Å². The maximum Gasteiger partial charge on any atom is 0.314 e. The Labute approximate surface area is 113 Å². The number of carbonyl (C=O) groups is 2. The number of carboxylic acid groups (broad SMARTS) is 1. The molecule has 1 atom stereocenters. The predicted octanol–water partition coefficient (Wildman–Crippen LogP) is 1.93. The number of hydrogen-bond donors (Lipinski definition) is 3. The number of urea groups is 1. The average Bonchev–Trinajstić information content (AvgIpc) is 2.31. The molecule has 0 saturated carbocycles. The number of amides is 2. The zero-order chi connectivity index (χ0) is 14.2. The van der Waals surface area contributed by atoms with Crippen LogP contribution in [0.5, 0.6) is 0 Å². The lowest BCUT2D eigenvalue weighted by Gasteiger charge is -2.22. The molecule has 0 bridgehead atoms. The highest BCUT2D eigenvalue weighted by molar-refractivity contribution is 7.99. The highest BCUT2D eigenvalue weighted by atomic mass is 32.2. The molecule has 0 aliphatic rings. The number of aliphatic carboxylic acids is 1. The molecular weight excluding hydrogens is 252 g/mol. The summed E-state index contributed by atoms with van der Waals surface area (Å²) >= 11 is 1.70. The maximum absolute atomic E-state index is 11.5. The second kappa shape index (κ2) is 8.24. The topological polar surface area (TPSA) is 78.4 Å². The van der Waals surface area contributed by atoms with Crippen LogP contribution in [0.4, 0.5) is 4.79 Å². The minimum Gasteiger partial charge on any atom is -0.481 e. The molecule has 0 saturated heterocycles. The van der Waals surface area contributed by atoms with Crippen molar-refractivity contribution in [3.63, 3.8) is 0 Å². The average molecular weight is 276 g/mol. The first-order chi connectivity index (χ1) is 8.26. The van der Waals surface area contributed by atoms with Crippen molar-refractivity contribution >= 4 is 23.8 Å². The van der Waals surface area contributed by atoms with E-state index in [9.17, 15) is 9.59 Å². The van der Waals surface area contributed by atoms with Crippen molar-refractivity contribution in [2.45, 2.75) is 38.4 Å². The number of carboxylic acids is 1. The fraction of sp³-hybridized carbons (Fsp3) is 0.833. The number of hydrogen-bond acceptors (Lipinski definition) is 3. The summed E-state index contributed by atoms with van der Waals surface area (Å²) in [6.07, 6.45) is 2.73. The van der Waals surface area contributed by atoms with Gasteiger partial charge < -0.3 is 15.7 Å². The Morgan fingerprint density at radius 2 is 1.94 bits per heavy atom. The molecule has 0 aliphatic carbocycles. The normalized spacial score (nSPS) is 12.9. The van der Waals surface area contributed by atoms with Crippen LogP contribution in [0.2, 0.25) is 0 Å². The van der Waals surface area contributed by atoms with Crippen LogP contribution in [-0.4, -0.2) is 41.2 Å². The van der Waals surface area contributed by atoms with Gasteiger partial charge in [-0.25, -0.2) is 4.79 Å². The summed E-state index contributed by atoms with van der Waals surface area (Å²) in [6.45, 7) is 7.15. The van der Waals surface area contributed by atoms with Gasteiger partial charge in [0.25, 0.3) is 0 Å². The molecule has 6 heteroatoms. The first-order valence-electron chi connectivity index (χ1n) is 6.05. The lowest BCUT2D eigenvalue weighted by Crippen LogP contribution is -2.43. The molecular formula is C12H24N2O3S. The number of nitrogens with one attached hydrogen (secondary N) is 2. The second-order valence-corrected chi connectivity index (χ2v) is 6.58. The predicted molar refractivity (Wildman–Crippen MR) is 75.0 cm³/mol. The standard InChI is InChI=1S/C12H24N2O3S/c1-9(5-6-10(15)16)7-13-11(17)14-8-12(2,3)18-4/h9H,5-8H2,1-4H3,(H,15,16)(H2,13,14,17). The van der Waals surface area contributed by atoms with E-state index in [4.69, 9.17) is 5.11 Å². The summed E-state index contributed by atoms with van der Waals surface area (Å²) < 4.78 is 0.0201. The van der Waals surface area contributed by atoms with Crippen LogP contribution in [-0.2, 0) is 4.79 Å². The largest absolute Gasteiger partial charge is 0.481 e. The van der Waals surface area contributed by atoms with Gasteiger partial charge in [0.1, 0.15) is 0 Å². The van der Waals surface area contributed by atoms with E-state index in [1.807, 2.05) is 13.2 Å². The summed E-state index contributed by atoms with van der Waals surface area (Å²) in [6, 6.07) is -0.195. The van der Waals surface area contributed by atoms with Crippen LogP contribution in [0.3, 0.4) is 0 Å². The molecule has 106 valence electrons. The van der Waals surface area contributed by atoms with Gasteiger partial charge >= 0.3 is 12.0 Å². The summed E-state index contributed by atoms with van der Waals surface area (Å²) in [5.74, 6) is -0.631. The molecule has 18 heavy (non-hydrogen) atoms. The van der Waals surface area contributed by atoms with Gasteiger partial charge in [-0.3, -0.25) is 4.79 Å². The Hall–Kier alpha value is -0.910. The molecule has 0 aliphatic heterocycles. The van der Waals surface area contributed by atoms with Crippen molar-refractivity contribution in [2.75, 3.05) is 19.3 Å². The molecule has 0 rings (SSSR count). The van der Waals surface area contributed by atoms with Crippen molar-refractivity contribution in [1.82, 2.24) is 10.6 Å². The zero-order valence-corrected chi connectivity index (χ0v) is 12.4. The van der Waals surface area contributed by atoms with E-state index in [0.717, 1.165) is 0 Å². The molecule has 3 N–H and O–H groups in total. The van der Waals surface area contributed by atoms with Crippen LogP contribution < -0.4 is 10.6 Å². The third-order valence-corrected chi connectivity index (χ3v) is 3.94. The molecule has 0 fully saturated rings. The summed E-state index contributed by atoms with van der Waals surface area (Å²) in [7, 11) is 0. The van der Waals surface area contributed by atoms with Crippen molar-refractivity contribution in [1.29, 1.82) is 0 Å². The van der Waals surface area contributed by atoms with E-state index in [1.165, 1.54) is 0 Å². The smallest absolute Gasteiger partial charge is 0.314 e. The quantitative estimate of drug-likeness (QED) is 0.633. The van der Waals surface area contributed by atoms with E-state index in [0.29, 0.717) is 19.5 Å². The SMILES string of the molecule is CSC(C)(C)CNC(=O)NCC(C)CCC(=O)O. The third-order valence-electron chi connectivity index (χ3n) is 2.69. The molecule has 5 nitrogen and oxygen atoms in total. The lowest BCUT2D eigenvalue weighted by atomic mass is 10.1. The van der Waals surface area contributed by atoms with E-state index in [-0.39, 0.29) is 23.1 Å². The monoisotopic (exact) mass is 276 g/mol. The first kappa shape index (κ1) is 17.1. The Morgan fingerprint density at radius 1 is 1.33 bits per heavy atom. The van der Waals surface area contributed by atoms with Gasteiger partial charge in [-0.05, 0) is 32.4 Å². The second-order valence-electron chi connectivity index (χ2n) is 5.06. The van der Waals surface area contributed by atoms with Crippen LogP contribution in [0.25, 0.3) is 0 Å². The van der Waals surface area contributed by atoms with Crippen molar-refractivity contribution in [3.05, 3.63) is 0 Å². The minimum atomic E-state index is -0.798.